The van der Waals surface area contributed by atoms with Crippen LogP contribution >= 0.6 is 0 Å². The van der Waals surface area contributed by atoms with E-state index in [-0.39, 0.29) is 11.9 Å². The Kier molecular flexibility index (Phi) is 4.98. The molecule has 2 N–H and O–H groups in total. The molecule has 4 heteroatoms. The van der Waals surface area contributed by atoms with Crippen LogP contribution in [0.15, 0.2) is 24.3 Å². The number of amides is 1. The van der Waals surface area contributed by atoms with Gasteiger partial charge in [0, 0.05) is 12.6 Å². The van der Waals surface area contributed by atoms with E-state index in [0.29, 0.717) is 25.1 Å². The Balaban J connectivity index is 1.51. The van der Waals surface area contributed by atoms with Crippen LogP contribution in [0.4, 0.5) is 0 Å². The summed E-state index contributed by atoms with van der Waals surface area (Å²) in [6.07, 6.45) is 6.12. The van der Waals surface area contributed by atoms with Crippen molar-refractivity contribution in [3.63, 3.8) is 0 Å². The zero-order valence-corrected chi connectivity index (χ0v) is 13.3. The molecule has 0 radical (unpaired) electrons. The lowest BCUT2D eigenvalue weighted by Crippen LogP contribution is -2.42. The van der Waals surface area contributed by atoms with Crippen molar-refractivity contribution in [3.8, 4) is 5.75 Å². The predicted octanol–water partition coefficient (Wildman–Crippen LogP) is 2.62. The molecular formula is C18H26N2O2. The van der Waals surface area contributed by atoms with Crippen LogP contribution < -0.4 is 15.4 Å². The first-order valence-electron chi connectivity index (χ1n) is 8.51. The molecule has 3 atom stereocenters. The third-order valence-corrected chi connectivity index (χ3v) is 4.86. The molecule has 1 aromatic rings. The van der Waals surface area contributed by atoms with E-state index in [1.807, 2.05) is 31.2 Å². The summed E-state index contributed by atoms with van der Waals surface area (Å²) >= 11 is 0. The fourth-order valence-corrected chi connectivity index (χ4v) is 3.75. The minimum absolute atomic E-state index is 0.0109. The molecule has 1 heterocycles. The maximum Gasteiger partial charge on any atom is 0.237 e. The number of carbonyl (C=O) groups is 1. The highest BCUT2D eigenvalue weighted by Gasteiger charge is 2.37. The first kappa shape index (κ1) is 15.3. The summed E-state index contributed by atoms with van der Waals surface area (Å²) in [5.74, 6) is 1.70. The molecule has 0 aromatic heterocycles. The monoisotopic (exact) mass is 302 g/mol. The molecule has 3 unspecified atom stereocenters. The molecule has 0 spiro atoms. The van der Waals surface area contributed by atoms with E-state index in [0.717, 1.165) is 17.7 Å². The van der Waals surface area contributed by atoms with E-state index < -0.39 is 0 Å². The summed E-state index contributed by atoms with van der Waals surface area (Å²) in [7, 11) is 0. The van der Waals surface area contributed by atoms with E-state index in [2.05, 4.69) is 10.6 Å². The number of hydrogen-bond donors (Lipinski definition) is 2. The van der Waals surface area contributed by atoms with Crippen LogP contribution in [0.2, 0.25) is 0 Å². The van der Waals surface area contributed by atoms with Gasteiger partial charge in [-0.25, -0.2) is 0 Å². The number of hydrogen-bond acceptors (Lipinski definition) is 3. The molecule has 0 bridgehead atoms. The summed E-state index contributed by atoms with van der Waals surface area (Å²) in [5, 5.41) is 6.59. The van der Waals surface area contributed by atoms with E-state index >= 15 is 0 Å². The molecule has 3 rings (SSSR count). The smallest absolute Gasteiger partial charge is 0.237 e. The Morgan fingerprint density at radius 1 is 1.36 bits per heavy atom. The van der Waals surface area contributed by atoms with Gasteiger partial charge in [-0.2, -0.15) is 0 Å². The largest absolute Gasteiger partial charge is 0.494 e. The molecule has 4 nitrogen and oxygen atoms in total. The van der Waals surface area contributed by atoms with E-state index in [1.54, 1.807) is 0 Å². The zero-order chi connectivity index (χ0) is 15.4. The van der Waals surface area contributed by atoms with Crippen molar-refractivity contribution >= 4 is 5.91 Å². The van der Waals surface area contributed by atoms with Crippen LogP contribution in [0.1, 0.15) is 44.6 Å². The van der Waals surface area contributed by atoms with E-state index in [1.165, 1.54) is 25.7 Å². The molecule has 2 aliphatic rings. The van der Waals surface area contributed by atoms with Crippen molar-refractivity contribution in [2.75, 3.05) is 6.61 Å². The number of fused-ring (bicyclic) bond motifs is 1. The van der Waals surface area contributed by atoms with Crippen LogP contribution in [0.5, 0.6) is 5.75 Å². The topological polar surface area (TPSA) is 50.4 Å². The average Bonchev–Trinajstić information content (AvgIpc) is 2.97. The minimum Gasteiger partial charge on any atom is -0.494 e. The van der Waals surface area contributed by atoms with Crippen molar-refractivity contribution in [3.05, 3.63) is 29.8 Å². The average molecular weight is 302 g/mol. The van der Waals surface area contributed by atoms with Gasteiger partial charge in [0.2, 0.25) is 5.91 Å². The fraction of sp³-hybridized carbons (Fsp3) is 0.611. The molecule has 1 amide bonds. The van der Waals surface area contributed by atoms with Crippen molar-refractivity contribution < 1.29 is 9.53 Å². The standard InChI is InChI=1S/C18H26N2O2/c1-2-22-15-8-5-6-13(10-15)12-19-18(21)17-11-14-7-3-4-9-16(14)20-17/h5-6,8,10,14,16-17,20H,2-4,7,9,11-12H2,1H3,(H,19,21). The quantitative estimate of drug-likeness (QED) is 0.879. The van der Waals surface area contributed by atoms with Gasteiger partial charge in [-0.05, 0) is 49.8 Å². The minimum atomic E-state index is -0.0109. The maximum atomic E-state index is 12.4. The van der Waals surface area contributed by atoms with Gasteiger partial charge in [-0.1, -0.05) is 25.0 Å². The zero-order valence-electron chi connectivity index (χ0n) is 13.3. The molecule has 120 valence electrons. The number of rotatable bonds is 5. The van der Waals surface area contributed by atoms with E-state index in [4.69, 9.17) is 4.74 Å². The Labute approximate surface area is 132 Å². The molecule has 1 saturated carbocycles. The second-order valence-corrected chi connectivity index (χ2v) is 6.40. The number of carbonyl (C=O) groups excluding carboxylic acids is 1. The SMILES string of the molecule is CCOc1cccc(CNC(=O)C2CC3CCCCC3N2)c1. The highest BCUT2D eigenvalue weighted by molar-refractivity contribution is 5.82. The van der Waals surface area contributed by atoms with Gasteiger partial charge in [-0.15, -0.1) is 0 Å². The second-order valence-electron chi connectivity index (χ2n) is 6.40. The number of nitrogens with one attached hydrogen (secondary N) is 2. The van der Waals surface area contributed by atoms with Gasteiger partial charge in [0.25, 0.3) is 0 Å². The van der Waals surface area contributed by atoms with Gasteiger partial charge in [-0.3, -0.25) is 4.79 Å². The van der Waals surface area contributed by atoms with Gasteiger partial charge < -0.3 is 15.4 Å². The summed E-state index contributed by atoms with van der Waals surface area (Å²) in [6.45, 7) is 3.19. The van der Waals surface area contributed by atoms with E-state index in [9.17, 15) is 4.79 Å². The van der Waals surface area contributed by atoms with Crippen LogP contribution in [-0.4, -0.2) is 24.6 Å². The van der Waals surface area contributed by atoms with Crippen molar-refractivity contribution in [1.29, 1.82) is 0 Å². The highest BCUT2D eigenvalue weighted by atomic mass is 16.5. The molecule has 1 aliphatic heterocycles. The predicted molar refractivity (Wildman–Crippen MR) is 86.7 cm³/mol. The van der Waals surface area contributed by atoms with Crippen molar-refractivity contribution in [1.82, 2.24) is 10.6 Å². The molecule has 1 aromatic carbocycles. The maximum absolute atomic E-state index is 12.4. The summed E-state index contributed by atoms with van der Waals surface area (Å²) < 4.78 is 5.49. The lowest BCUT2D eigenvalue weighted by molar-refractivity contribution is -0.123. The Bertz CT molecular complexity index is 504. The van der Waals surface area contributed by atoms with Gasteiger partial charge in [0.05, 0.1) is 12.6 Å². The lowest BCUT2D eigenvalue weighted by Gasteiger charge is -2.24. The summed E-state index contributed by atoms with van der Waals surface area (Å²) in [4.78, 5) is 12.4. The third-order valence-electron chi connectivity index (χ3n) is 4.86. The first-order valence-corrected chi connectivity index (χ1v) is 8.51. The number of ether oxygens (including phenoxy) is 1. The van der Waals surface area contributed by atoms with Crippen LogP contribution in [-0.2, 0) is 11.3 Å². The molecular weight excluding hydrogens is 276 g/mol. The molecule has 22 heavy (non-hydrogen) atoms. The third kappa shape index (κ3) is 3.61. The molecule has 1 saturated heterocycles. The van der Waals surface area contributed by atoms with Crippen molar-refractivity contribution in [2.45, 2.75) is 57.7 Å². The Morgan fingerprint density at radius 3 is 3.05 bits per heavy atom. The Hall–Kier alpha value is -1.55. The summed E-state index contributed by atoms with van der Waals surface area (Å²) in [5.41, 5.74) is 1.08. The first-order chi connectivity index (χ1) is 10.8. The molecule has 2 fully saturated rings. The van der Waals surface area contributed by atoms with Gasteiger partial charge in [0.1, 0.15) is 5.75 Å². The normalized spacial score (nSPS) is 27.2. The fourth-order valence-electron chi connectivity index (χ4n) is 3.75. The van der Waals surface area contributed by atoms with Crippen LogP contribution in [0.3, 0.4) is 0 Å². The van der Waals surface area contributed by atoms with Gasteiger partial charge >= 0.3 is 0 Å². The second kappa shape index (κ2) is 7.14. The number of benzene rings is 1. The summed E-state index contributed by atoms with van der Waals surface area (Å²) in [6, 6.07) is 8.47. The van der Waals surface area contributed by atoms with Crippen LogP contribution in [0.25, 0.3) is 0 Å². The molecule has 1 aliphatic carbocycles. The van der Waals surface area contributed by atoms with Gasteiger partial charge in [0.15, 0.2) is 0 Å². The van der Waals surface area contributed by atoms with Crippen LogP contribution in [0, 0.1) is 5.92 Å². The lowest BCUT2D eigenvalue weighted by atomic mass is 9.85. The Morgan fingerprint density at radius 2 is 2.23 bits per heavy atom. The highest BCUT2D eigenvalue weighted by Crippen LogP contribution is 2.33. The van der Waals surface area contributed by atoms with Crippen molar-refractivity contribution in [2.24, 2.45) is 5.92 Å².